The van der Waals surface area contributed by atoms with Gasteiger partial charge in [-0.1, -0.05) is 0 Å². The van der Waals surface area contributed by atoms with E-state index in [2.05, 4.69) is 4.98 Å². The van der Waals surface area contributed by atoms with E-state index in [1.807, 2.05) is 25.1 Å². The van der Waals surface area contributed by atoms with Gasteiger partial charge in [-0.3, -0.25) is 4.98 Å². The number of hydrogen-bond donors (Lipinski definition) is 1. The van der Waals surface area contributed by atoms with E-state index in [9.17, 15) is 0 Å². The first-order chi connectivity index (χ1) is 12.2. The number of furan rings is 1. The zero-order valence-corrected chi connectivity index (χ0v) is 14.7. The SMILES string of the molecule is COc1cc(N)c2nccc(C)c2c1OCCCCCc1ccco1. The number of nitrogens with two attached hydrogens (primary N) is 1. The van der Waals surface area contributed by atoms with Crippen molar-refractivity contribution in [1.29, 1.82) is 0 Å². The summed E-state index contributed by atoms with van der Waals surface area (Å²) in [6, 6.07) is 7.67. The third-order valence-corrected chi connectivity index (χ3v) is 4.28. The first-order valence-corrected chi connectivity index (χ1v) is 8.57. The van der Waals surface area contributed by atoms with Gasteiger partial charge in [0.2, 0.25) is 0 Å². The predicted octanol–water partition coefficient (Wildman–Crippen LogP) is 4.52. The summed E-state index contributed by atoms with van der Waals surface area (Å²) in [5, 5.41) is 0.926. The summed E-state index contributed by atoms with van der Waals surface area (Å²) >= 11 is 0. The second kappa shape index (κ2) is 7.92. The number of hydrogen-bond acceptors (Lipinski definition) is 5. The van der Waals surface area contributed by atoms with Crippen molar-refractivity contribution in [1.82, 2.24) is 4.98 Å². The zero-order valence-electron chi connectivity index (χ0n) is 14.7. The highest BCUT2D eigenvalue weighted by Gasteiger charge is 2.15. The summed E-state index contributed by atoms with van der Waals surface area (Å²) in [6.45, 7) is 2.65. The highest BCUT2D eigenvalue weighted by atomic mass is 16.5. The van der Waals surface area contributed by atoms with E-state index >= 15 is 0 Å². The Morgan fingerprint density at radius 2 is 2.08 bits per heavy atom. The van der Waals surface area contributed by atoms with Gasteiger partial charge in [-0.05, 0) is 49.9 Å². The number of pyridine rings is 1. The average molecular weight is 340 g/mol. The average Bonchev–Trinajstić information content (AvgIpc) is 3.13. The van der Waals surface area contributed by atoms with Crippen LogP contribution in [-0.4, -0.2) is 18.7 Å². The van der Waals surface area contributed by atoms with Crippen molar-refractivity contribution in [2.75, 3.05) is 19.5 Å². The molecule has 0 amide bonds. The van der Waals surface area contributed by atoms with Gasteiger partial charge in [-0.25, -0.2) is 0 Å². The van der Waals surface area contributed by atoms with E-state index in [-0.39, 0.29) is 0 Å². The van der Waals surface area contributed by atoms with Crippen LogP contribution in [0.4, 0.5) is 5.69 Å². The summed E-state index contributed by atoms with van der Waals surface area (Å²) in [7, 11) is 1.63. The number of anilines is 1. The van der Waals surface area contributed by atoms with E-state index in [4.69, 9.17) is 19.6 Å². The van der Waals surface area contributed by atoms with Crippen molar-refractivity contribution in [3.63, 3.8) is 0 Å². The summed E-state index contributed by atoms with van der Waals surface area (Å²) in [6.07, 6.45) is 7.57. The fourth-order valence-electron chi connectivity index (χ4n) is 2.96. The second-order valence-corrected chi connectivity index (χ2v) is 6.09. The maximum atomic E-state index is 6.10. The molecule has 0 aliphatic carbocycles. The number of benzene rings is 1. The Morgan fingerprint density at radius 3 is 2.84 bits per heavy atom. The lowest BCUT2D eigenvalue weighted by molar-refractivity contribution is 0.288. The first-order valence-electron chi connectivity index (χ1n) is 8.57. The maximum absolute atomic E-state index is 6.10. The molecule has 132 valence electrons. The zero-order chi connectivity index (χ0) is 17.6. The summed E-state index contributed by atoms with van der Waals surface area (Å²) in [5.74, 6) is 2.41. The van der Waals surface area contributed by atoms with Crippen LogP contribution in [0.5, 0.6) is 11.5 Å². The molecule has 0 spiro atoms. The van der Waals surface area contributed by atoms with Gasteiger partial charge in [0.05, 0.1) is 36.6 Å². The largest absolute Gasteiger partial charge is 0.493 e. The van der Waals surface area contributed by atoms with Gasteiger partial charge >= 0.3 is 0 Å². The van der Waals surface area contributed by atoms with Crippen LogP contribution in [0.3, 0.4) is 0 Å². The van der Waals surface area contributed by atoms with Crippen LogP contribution in [0.1, 0.15) is 30.6 Å². The molecule has 0 radical (unpaired) electrons. The molecule has 2 heterocycles. The first kappa shape index (κ1) is 17.1. The lowest BCUT2D eigenvalue weighted by atomic mass is 10.1. The number of nitrogens with zero attached hydrogens (tertiary/aromatic N) is 1. The Bertz CT molecular complexity index is 829. The van der Waals surface area contributed by atoms with Crippen molar-refractivity contribution >= 4 is 16.6 Å². The number of unbranched alkanes of at least 4 members (excludes halogenated alkanes) is 2. The topological polar surface area (TPSA) is 70.5 Å². The number of aromatic nitrogens is 1. The lowest BCUT2D eigenvalue weighted by Crippen LogP contribution is -2.03. The van der Waals surface area contributed by atoms with Gasteiger partial charge in [0.15, 0.2) is 11.5 Å². The maximum Gasteiger partial charge on any atom is 0.170 e. The van der Waals surface area contributed by atoms with Crippen LogP contribution >= 0.6 is 0 Å². The lowest BCUT2D eigenvalue weighted by Gasteiger charge is -2.16. The highest BCUT2D eigenvalue weighted by molar-refractivity contribution is 5.98. The van der Waals surface area contributed by atoms with Gasteiger partial charge in [0, 0.05) is 18.7 Å². The molecule has 0 bridgehead atoms. The summed E-state index contributed by atoms with van der Waals surface area (Å²) in [4.78, 5) is 4.39. The molecule has 25 heavy (non-hydrogen) atoms. The van der Waals surface area contributed by atoms with Gasteiger partial charge in [-0.2, -0.15) is 0 Å². The Labute approximate surface area is 147 Å². The van der Waals surface area contributed by atoms with E-state index in [0.29, 0.717) is 18.0 Å². The van der Waals surface area contributed by atoms with E-state index < -0.39 is 0 Å². The number of ether oxygens (including phenoxy) is 2. The normalized spacial score (nSPS) is 11.0. The minimum absolute atomic E-state index is 0.598. The van der Waals surface area contributed by atoms with Crippen LogP contribution in [0.15, 0.2) is 41.1 Å². The van der Waals surface area contributed by atoms with Gasteiger partial charge < -0.3 is 19.6 Å². The molecule has 0 atom stereocenters. The third kappa shape index (κ3) is 3.87. The minimum Gasteiger partial charge on any atom is -0.493 e. The van der Waals surface area contributed by atoms with Crippen LogP contribution in [0.2, 0.25) is 0 Å². The van der Waals surface area contributed by atoms with Crippen LogP contribution in [0.25, 0.3) is 10.9 Å². The predicted molar refractivity (Wildman–Crippen MR) is 99.2 cm³/mol. The molecule has 5 nitrogen and oxygen atoms in total. The van der Waals surface area contributed by atoms with Crippen molar-refractivity contribution in [3.05, 3.63) is 48.0 Å². The molecule has 0 aliphatic rings. The molecule has 0 saturated heterocycles. The van der Waals surface area contributed by atoms with Crippen LogP contribution < -0.4 is 15.2 Å². The van der Waals surface area contributed by atoms with Crippen molar-refractivity contribution in [3.8, 4) is 11.5 Å². The number of rotatable bonds is 8. The number of fused-ring (bicyclic) bond motifs is 1. The fourth-order valence-corrected chi connectivity index (χ4v) is 2.96. The standard InChI is InChI=1S/C20H24N2O3/c1-14-9-10-22-19-16(21)13-17(23-2)20(18(14)19)25-11-5-3-4-7-15-8-6-12-24-15/h6,8-10,12-13H,3-5,7,11,21H2,1-2H3. The molecule has 0 saturated carbocycles. The summed E-state index contributed by atoms with van der Waals surface area (Å²) < 4.78 is 16.9. The third-order valence-electron chi connectivity index (χ3n) is 4.28. The van der Waals surface area contributed by atoms with Crippen LogP contribution in [-0.2, 0) is 6.42 Å². The van der Waals surface area contributed by atoms with E-state index in [1.54, 1.807) is 25.6 Å². The molecule has 3 rings (SSSR count). The highest BCUT2D eigenvalue weighted by Crippen LogP contribution is 2.40. The molecular formula is C20H24N2O3. The molecule has 3 aromatic rings. The smallest absolute Gasteiger partial charge is 0.170 e. The van der Waals surface area contributed by atoms with Crippen molar-refractivity contribution in [2.45, 2.75) is 32.6 Å². The Morgan fingerprint density at radius 1 is 1.20 bits per heavy atom. The van der Waals surface area contributed by atoms with Gasteiger partial charge in [0.25, 0.3) is 0 Å². The minimum atomic E-state index is 0.598. The quantitative estimate of drug-likeness (QED) is 0.482. The number of nitrogen functional groups attached to an aromatic ring is 1. The second-order valence-electron chi connectivity index (χ2n) is 6.09. The molecular weight excluding hydrogens is 316 g/mol. The number of aryl methyl sites for hydroxylation is 2. The molecule has 1 aromatic carbocycles. The summed E-state index contributed by atoms with van der Waals surface area (Å²) in [5.41, 5.74) is 8.53. The fraction of sp³-hybridized carbons (Fsp3) is 0.350. The van der Waals surface area contributed by atoms with E-state index in [0.717, 1.165) is 53.7 Å². The van der Waals surface area contributed by atoms with Gasteiger partial charge in [-0.15, -0.1) is 0 Å². The molecule has 2 aromatic heterocycles. The van der Waals surface area contributed by atoms with Gasteiger partial charge in [0.1, 0.15) is 5.76 Å². The van der Waals surface area contributed by atoms with E-state index in [1.165, 1.54) is 0 Å². The molecule has 0 aliphatic heterocycles. The Balaban J connectivity index is 1.65. The molecule has 0 unspecified atom stereocenters. The van der Waals surface area contributed by atoms with Crippen molar-refractivity contribution in [2.24, 2.45) is 0 Å². The Hall–Kier alpha value is -2.69. The number of methoxy groups -OCH3 is 1. The Kier molecular flexibility index (Phi) is 5.43. The van der Waals surface area contributed by atoms with Crippen molar-refractivity contribution < 1.29 is 13.9 Å². The molecule has 0 fully saturated rings. The molecule has 5 heteroatoms. The monoisotopic (exact) mass is 340 g/mol. The molecule has 2 N–H and O–H groups in total. The van der Waals surface area contributed by atoms with Crippen LogP contribution in [0, 0.1) is 6.92 Å².